The molecule has 2 N–H and O–H groups in total. The second kappa shape index (κ2) is 6.79. The lowest BCUT2D eigenvalue weighted by Crippen LogP contribution is -2.36. The Hall–Kier alpha value is -1.24. The van der Waals surface area contributed by atoms with Crippen molar-refractivity contribution in [3.63, 3.8) is 0 Å². The Balaban J connectivity index is 3.07. The Morgan fingerprint density at radius 2 is 2.11 bits per heavy atom. The number of aromatic carboxylic acids is 1. The van der Waals surface area contributed by atoms with Crippen LogP contribution in [0.15, 0.2) is 12.1 Å². The number of hydrogen-bond acceptors (Lipinski definition) is 4. The molecule has 0 spiro atoms. The summed E-state index contributed by atoms with van der Waals surface area (Å²) in [5.41, 5.74) is 0.134. The molecule has 0 bridgehead atoms. The fourth-order valence-corrected chi connectivity index (χ4v) is 1.72. The molecule has 0 aromatic heterocycles. The third-order valence-electron chi connectivity index (χ3n) is 2.40. The molecule has 19 heavy (non-hydrogen) atoms. The van der Waals surface area contributed by atoms with Gasteiger partial charge in [-0.1, -0.05) is 25.4 Å². The topological polar surface area (TPSA) is 76.0 Å². The van der Waals surface area contributed by atoms with E-state index in [0.29, 0.717) is 6.61 Å². The van der Waals surface area contributed by atoms with Crippen LogP contribution in [-0.4, -0.2) is 36.9 Å². The number of carbonyl (C=O) groups is 1. The average Bonchev–Trinajstić information content (AvgIpc) is 2.34. The van der Waals surface area contributed by atoms with Gasteiger partial charge in [0.15, 0.2) is 0 Å². The lowest BCUT2D eigenvalue weighted by atomic mass is 9.78. The SMILES string of the molecule is COc1cc(Cl)c(B(O)OCC(C)C)cc1C(=O)O. The molecule has 0 unspecified atom stereocenters. The van der Waals surface area contributed by atoms with Crippen molar-refractivity contribution in [2.45, 2.75) is 13.8 Å². The number of ether oxygens (including phenoxy) is 1. The molecule has 0 saturated carbocycles. The second-order valence-corrected chi connectivity index (χ2v) is 4.87. The summed E-state index contributed by atoms with van der Waals surface area (Å²) in [7, 11) is 0.0858. The first-order chi connectivity index (χ1) is 8.86. The van der Waals surface area contributed by atoms with Crippen molar-refractivity contribution in [1.82, 2.24) is 0 Å². The summed E-state index contributed by atoms with van der Waals surface area (Å²) in [5, 5.41) is 19.1. The Morgan fingerprint density at radius 1 is 1.47 bits per heavy atom. The minimum atomic E-state index is -1.26. The Kier molecular flexibility index (Phi) is 5.66. The first kappa shape index (κ1) is 15.8. The monoisotopic (exact) mass is 286 g/mol. The largest absolute Gasteiger partial charge is 0.496 e. The van der Waals surface area contributed by atoms with Crippen LogP contribution < -0.4 is 10.2 Å². The summed E-state index contributed by atoms with van der Waals surface area (Å²) in [4.78, 5) is 11.1. The molecular weight excluding hydrogens is 270 g/mol. The summed E-state index contributed by atoms with van der Waals surface area (Å²) in [5.74, 6) is -0.784. The van der Waals surface area contributed by atoms with Crippen molar-refractivity contribution in [2.24, 2.45) is 5.92 Å². The molecule has 0 aliphatic heterocycles. The predicted octanol–water partition coefficient (Wildman–Crippen LogP) is 1.41. The number of methoxy groups -OCH3 is 1. The first-order valence-electron chi connectivity index (χ1n) is 5.77. The van der Waals surface area contributed by atoms with E-state index in [0.717, 1.165) is 0 Å². The highest BCUT2D eigenvalue weighted by Gasteiger charge is 2.24. The van der Waals surface area contributed by atoms with Gasteiger partial charge in [0.2, 0.25) is 0 Å². The molecule has 0 heterocycles. The molecular formula is C12H16BClO5. The summed E-state index contributed by atoms with van der Waals surface area (Å²) in [6, 6.07) is 2.61. The fraction of sp³-hybridized carbons (Fsp3) is 0.417. The van der Waals surface area contributed by atoms with E-state index in [1.54, 1.807) is 0 Å². The molecule has 0 amide bonds. The van der Waals surface area contributed by atoms with Crippen molar-refractivity contribution in [3.05, 3.63) is 22.7 Å². The van der Waals surface area contributed by atoms with E-state index < -0.39 is 13.1 Å². The van der Waals surface area contributed by atoms with Crippen LogP contribution in [0.4, 0.5) is 0 Å². The van der Waals surface area contributed by atoms with E-state index >= 15 is 0 Å². The summed E-state index contributed by atoms with van der Waals surface area (Å²) >= 11 is 5.98. The van der Waals surface area contributed by atoms with E-state index in [1.807, 2.05) is 13.8 Å². The highest BCUT2D eigenvalue weighted by atomic mass is 35.5. The zero-order valence-electron chi connectivity index (χ0n) is 11.0. The fourth-order valence-electron chi connectivity index (χ4n) is 1.47. The quantitative estimate of drug-likeness (QED) is 0.773. The Labute approximate surface area is 117 Å². The summed E-state index contributed by atoms with van der Waals surface area (Å²) in [6.07, 6.45) is 0. The number of halogens is 1. The van der Waals surface area contributed by atoms with Crippen LogP contribution in [0.1, 0.15) is 24.2 Å². The van der Waals surface area contributed by atoms with Crippen LogP contribution in [0, 0.1) is 5.92 Å². The Bertz CT molecular complexity index is 464. The third-order valence-corrected chi connectivity index (χ3v) is 2.73. The molecule has 1 aromatic carbocycles. The van der Waals surface area contributed by atoms with E-state index in [1.165, 1.54) is 19.2 Å². The number of rotatable bonds is 6. The molecule has 0 aliphatic carbocycles. The molecule has 5 nitrogen and oxygen atoms in total. The summed E-state index contributed by atoms with van der Waals surface area (Å²) in [6.45, 7) is 4.21. The van der Waals surface area contributed by atoms with E-state index in [-0.39, 0.29) is 27.7 Å². The Morgan fingerprint density at radius 3 is 2.58 bits per heavy atom. The first-order valence-corrected chi connectivity index (χ1v) is 6.15. The lowest BCUT2D eigenvalue weighted by molar-refractivity contribution is 0.0693. The highest BCUT2D eigenvalue weighted by molar-refractivity contribution is 6.64. The zero-order chi connectivity index (χ0) is 14.6. The highest BCUT2D eigenvalue weighted by Crippen LogP contribution is 2.22. The second-order valence-electron chi connectivity index (χ2n) is 4.46. The van der Waals surface area contributed by atoms with E-state index in [2.05, 4.69) is 0 Å². The normalized spacial score (nSPS) is 10.6. The number of carboxylic acid groups (broad SMARTS) is 1. The predicted molar refractivity (Wildman–Crippen MR) is 73.4 cm³/mol. The van der Waals surface area contributed by atoms with Gasteiger partial charge in [-0.15, -0.1) is 0 Å². The zero-order valence-corrected chi connectivity index (χ0v) is 11.8. The van der Waals surface area contributed by atoms with Gasteiger partial charge in [0.1, 0.15) is 11.3 Å². The van der Waals surface area contributed by atoms with Crippen LogP contribution in [0.25, 0.3) is 0 Å². The number of benzene rings is 1. The van der Waals surface area contributed by atoms with Crippen molar-refractivity contribution in [3.8, 4) is 5.75 Å². The maximum atomic E-state index is 11.1. The number of carboxylic acids is 1. The number of hydrogen-bond donors (Lipinski definition) is 2. The maximum Gasteiger partial charge on any atom is 0.492 e. The van der Waals surface area contributed by atoms with Crippen molar-refractivity contribution in [1.29, 1.82) is 0 Å². The molecule has 1 rings (SSSR count). The molecule has 0 aliphatic rings. The van der Waals surface area contributed by atoms with Gasteiger partial charge < -0.3 is 19.5 Å². The van der Waals surface area contributed by atoms with Crippen molar-refractivity contribution >= 4 is 30.2 Å². The molecule has 0 radical (unpaired) electrons. The van der Waals surface area contributed by atoms with Gasteiger partial charge in [-0.3, -0.25) is 0 Å². The van der Waals surface area contributed by atoms with Gasteiger partial charge in [0, 0.05) is 17.1 Å². The van der Waals surface area contributed by atoms with Crippen LogP contribution in [0.3, 0.4) is 0 Å². The van der Waals surface area contributed by atoms with Gasteiger partial charge in [-0.2, -0.15) is 0 Å². The minimum Gasteiger partial charge on any atom is -0.496 e. The van der Waals surface area contributed by atoms with Crippen LogP contribution in [0.2, 0.25) is 5.02 Å². The van der Waals surface area contributed by atoms with Gasteiger partial charge >= 0.3 is 13.1 Å². The van der Waals surface area contributed by atoms with Crippen LogP contribution in [0.5, 0.6) is 5.75 Å². The molecule has 7 heteroatoms. The molecule has 1 aromatic rings. The van der Waals surface area contributed by atoms with Gasteiger partial charge in [-0.05, 0) is 18.1 Å². The third kappa shape index (κ3) is 4.13. The van der Waals surface area contributed by atoms with Crippen LogP contribution in [-0.2, 0) is 4.65 Å². The van der Waals surface area contributed by atoms with Crippen LogP contribution >= 0.6 is 11.6 Å². The minimum absolute atomic E-state index is 0.0749. The molecule has 0 atom stereocenters. The van der Waals surface area contributed by atoms with Crippen molar-refractivity contribution < 1.29 is 24.3 Å². The lowest BCUT2D eigenvalue weighted by Gasteiger charge is -2.14. The summed E-state index contributed by atoms with van der Waals surface area (Å²) < 4.78 is 10.1. The van der Waals surface area contributed by atoms with Gasteiger partial charge in [0.25, 0.3) is 0 Å². The van der Waals surface area contributed by atoms with E-state index in [9.17, 15) is 9.82 Å². The maximum absolute atomic E-state index is 11.1. The van der Waals surface area contributed by atoms with Gasteiger partial charge in [0.05, 0.1) is 7.11 Å². The van der Waals surface area contributed by atoms with Crippen molar-refractivity contribution in [2.75, 3.05) is 13.7 Å². The van der Waals surface area contributed by atoms with E-state index in [4.69, 9.17) is 26.1 Å². The standard InChI is InChI=1S/C12H16BClO5/c1-7(2)6-19-13(17)9-4-8(12(15)16)11(18-3)5-10(9)14/h4-5,7,17H,6H2,1-3H3,(H,15,16). The smallest absolute Gasteiger partial charge is 0.492 e. The van der Waals surface area contributed by atoms with Gasteiger partial charge in [-0.25, -0.2) is 4.79 Å². The molecule has 104 valence electrons. The average molecular weight is 287 g/mol. The molecule has 0 saturated heterocycles. The molecule has 0 fully saturated rings.